The summed E-state index contributed by atoms with van der Waals surface area (Å²) in [7, 11) is 0. The van der Waals surface area contributed by atoms with E-state index in [1.54, 1.807) is 32.9 Å². The number of carboxylic acid groups (broad SMARTS) is 1. The fourth-order valence-electron chi connectivity index (χ4n) is 2.08. The Morgan fingerprint density at radius 1 is 1.19 bits per heavy atom. The summed E-state index contributed by atoms with van der Waals surface area (Å²) in [5.41, 5.74) is -0.110. The number of hydrogen-bond acceptors (Lipinski definition) is 4. The fraction of sp³-hybridized carbons (Fsp3) is 0.400. The van der Waals surface area contributed by atoms with Gasteiger partial charge in [0.05, 0.1) is 23.3 Å². The van der Waals surface area contributed by atoms with Crippen LogP contribution in [0.4, 0.5) is 0 Å². The zero-order valence-corrected chi connectivity index (χ0v) is 12.1. The van der Waals surface area contributed by atoms with E-state index < -0.39 is 29.4 Å². The van der Waals surface area contributed by atoms with Gasteiger partial charge in [0.15, 0.2) is 6.04 Å². The molecule has 0 saturated heterocycles. The summed E-state index contributed by atoms with van der Waals surface area (Å²) >= 11 is 0. The molecule has 0 aliphatic carbocycles. The van der Waals surface area contributed by atoms with Crippen molar-refractivity contribution in [1.29, 1.82) is 0 Å². The molecule has 0 spiro atoms. The predicted octanol–water partition coefficient (Wildman–Crippen LogP) is 1.55. The largest absolute Gasteiger partial charge is 0.480 e. The van der Waals surface area contributed by atoms with E-state index in [4.69, 9.17) is 4.74 Å². The Bertz CT molecular complexity index is 567. The summed E-state index contributed by atoms with van der Waals surface area (Å²) in [5.74, 6) is -2.46. The van der Waals surface area contributed by atoms with E-state index in [0.29, 0.717) is 0 Å². The van der Waals surface area contributed by atoms with Crippen LogP contribution in [0.2, 0.25) is 0 Å². The van der Waals surface area contributed by atoms with Gasteiger partial charge in [-0.05, 0) is 32.9 Å². The molecule has 2 amide bonds. The lowest BCUT2D eigenvalue weighted by atomic mass is 10.1. The molecule has 1 aliphatic heterocycles. The second-order valence-corrected chi connectivity index (χ2v) is 5.80. The standard InChI is InChI=1S/C15H17NO5/c1-15(2,3)21-8-11(14(19)20)16-12(17)9-6-4-5-7-10(9)13(16)18/h4-7,11H,8H2,1-3H3,(H,19,20). The highest BCUT2D eigenvalue weighted by Gasteiger charge is 2.43. The molecule has 1 heterocycles. The highest BCUT2D eigenvalue weighted by molar-refractivity contribution is 6.22. The van der Waals surface area contributed by atoms with E-state index in [1.165, 1.54) is 12.1 Å². The van der Waals surface area contributed by atoms with Crippen molar-refractivity contribution in [3.8, 4) is 0 Å². The fourth-order valence-corrected chi connectivity index (χ4v) is 2.08. The molecule has 1 unspecified atom stereocenters. The molecule has 1 aliphatic rings. The van der Waals surface area contributed by atoms with Crippen molar-refractivity contribution in [2.45, 2.75) is 32.4 Å². The third kappa shape index (κ3) is 2.95. The number of imide groups is 1. The number of carboxylic acids is 1. The average Bonchev–Trinajstić information content (AvgIpc) is 2.63. The van der Waals surface area contributed by atoms with Gasteiger partial charge < -0.3 is 9.84 Å². The SMILES string of the molecule is CC(C)(C)OCC(C(=O)O)N1C(=O)c2ccccc2C1=O. The summed E-state index contributed by atoms with van der Waals surface area (Å²) in [4.78, 5) is 36.7. The number of carbonyl (C=O) groups is 3. The Morgan fingerprint density at radius 3 is 2.05 bits per heavy atom. The molecule has 1 N–H and O–H groups in total. The van der Waals surface area contributed by atoms with Gasteiger partial charge in [0.1, 0.15) is 0 Å². The number of carbonyl (C=O) groups excluding carboxylic acids is 2. The summed E-state index contributed by atoms with van der Waals surface area (Å²) < 4.78 is 5.43. The van der Waals surface area contributed by atoms with Crippen LogP contribution in [0, 0.1) is 0 Å². The molecular formula is C15H17NO5. The third-order valence-electron chi connectivity index (χ3n) is 3.10. The highest BCUT2D eigenvalue weighted by atomic mass is 16.5. The molecule has 21 heavy (non-hydrogen) atoms. The second kappa shape index (κ2) is 5.29. The van der Waals surface area contributed by atoms with E-state index in [1.807, 2.05) is 0 Å². The predicted molar refractivity (Wildman–Crippen MR) is 74.1 cm³/mol. The third-order valence-corrected chi connectivity index (χ3v) is 3.10. The van der Waals surface area contributed by atoms with Crippen LogP contribution in [0.5, 0.6) is 0 Å². The highest BCUT2D eigenvalue weighted by Crippen LogP contribution is 2.25. The Labute approximate surface area is 122 Å². The van der Waals surface area contributed by atoms with Crippen molar-refractivity contribution >= 4 is 17.8 Å². The maximum Gasteiger partial charge on any atom is 0.329 e. The number of nitrogens with zero attached hydrogens (tertiary/aromatic N) is 1. The number of ether oxygens (including phenoxy) is 1. The normalized spacial score (nSPS) is 16.0. The maximum absolute atomic E-state index is 12.3. The number of benzene rings is 1. The molecule has 0 bridgehead atoms. The van der Waals surface area contributed by atoms with E-state index in [0.717, 1.165) is 4.90 Å². The van der Waals surface area contributed by atoms with Crippen LogP contribution in [0.1, 0.15) is 41.5 Å². The van der Waals surface area contributed by atoms with Crippen molar-refractivity contribution in [1.82, 2.24) is 4.90 Å². The first-order valence-electron chi connectivity index (χ1n) is 6.56. The van der Waals surface area contributed by atoms with Crippen LogP contribution in [0.25, 0.3) is 0 Å². The number of aliphatic carboxylic acids is 1. The monoisotopic (exact) mass is 291 g/mol. The molecule has 1 aromatic rings. The van der Waals surface area contributed by atoms with Gasteiger partial charge >= 0.3 is 5.97 Å². The van der Waals surface area contributed by atoms with Gasteiger partial charge in [-0.25, -0.2) is 4.79 Å². The first-order valence-corrected chi connectivity index (χ1v) is 6.56. The van der Waals surface area contributed by atoms with Crippen LogP contribution in [-0.4, -0.2) is 46.0 Å². The minimum atomic E-state index is -1.34. The molecule has 6 heteroatoms. The molecule has 0 aromatic heterocycles. The molecule has 6 nitrogen and oxygen atoms in total. The summed E-state index contributed by atoms with van der Waals surface area (Å²) in [6.07, 6.45) is 0. The van der Waals surface area contributed by atoms with Gasteiger partial charge in [0.25, 0.3) is 11.8 Å². The van der Waals surface area contributed by atoms with Crippen LogP contribution in [-0.2, 0) is 9.53 Å². The number of amides is 2. The first kappa shape index (κ1) is 15.2. The first-order chi connectivity index (χ1) is 9.72. The van der Waals surface area contributed by atoms with Gasteiger partial charge in [0.2, 0.25) is 0 Å². The zero-order chi connectivity index (χ0) is 15.8. The van der Waals surface area contributed by atoms with E-state index in [-0.39, 0.29) is 17.7 Å². The zero-order valence-electron chi connectivity index (χ0n) is 12.1. The Hall–Kier alpha value is -2.21. The van der Waals surface area contributed by atoms with Crippen LogP contribution < -0.4 is 0 Å². The minimum Gasteiger partial charge on any atom is -0.480 e. The summed E-state index contributed by atoms with van der Waals surface area (Å²) in [6, 6.07) is 4.96. The van der Waals surface area contributed by atoms with Crippen LogP contribution in [0.15, 0.2) is 24.3 Å². The Morgan fingerprint density at radius 2 is 1.67 bits per heavy atom. The molecule has 2 rings (SSSR count). The van der Waals surface area contributed by atoms with E-state index in [9.17, 15) is 19.5 Å². The smallest absolute Gasteiger partial charge is 0.329 e. The van der Waals surface area contributed by atoms with Gasteiger partial charge in [-0.2, -0.15) is 0 Å². The molecule has 0 saturated carbocycles. The van der Waals surface area contributed by atoms with Crippen LogP contribution in [0.3, 0.4) is 0 Å². The molecular weight excluding hydrogens is 274 g/mol. The topological polar surface area (TPSA) is 83.9 Å². The van der Waals surface area contributed by atoms with Crippen molar-refractivity contribution in [2.24, 2.45) is 0 Å². The number of hydrogen-bond donors (Lipinski definition) is 1. The minimum absolute atomic E-state index is 0.226. The number of fused-ring (bicyclic) bond motifs is 1. The lowest BCUT2D eigenvalue weighted by Gasteiger charge is -2.26. The molecule has 0 radical (unpaired) electrons. The van der Waals surface area contributed by atoms with Crippen molar-refractivity contribution in [3.63, 3.8) is 0 Å². The average molecular weight is 291 g/mol. The molecule has 0 fully saturated rings. The number of rotatable bonds is 4. The summed E-state index contributed by atoms with van der Waals surface area (Å²) in [5, 5.41) is 9.32. The maximum atomic E-state index is 12.3. The van der Waals surface area contributed by atoms with Gasteiger partial charge in [-0.15, -0.1) is 0 Å². The van der Waals surface area contributed by atoms with Crippen molar-refractivity contribution in [2.75, 3.05) is 6.61 Å². The van der Waals surface area contributed by atoms with E-state index >= 15 is 0 Å². The van der Waals surface area contributed by atoms with Crippen molar-refractivity contribution < 1.29 is 24.2 Å². The lowest BCUT2D eigenvalue weighted by Crippen LogP contribution is -2.48. The summed E-state index contributed by atoms with van der Waals surface area (Å²) in [6.45, 7) is 5.07. The molecule has 112 valence electrons. The molecule has 1 aromatic carbocycles. The van der Waals surface area contributed by atoms with Gasteiger partial charge in [-0.3, -0.25) is 14.5 Å². The van der Waals surface area contributed by atoms with Gasteiger partial charge in [0, 0.05) is 0 Å². The molecule has 1 atom stereocenters. The quantitative estimate of drug-likeness (QED) is 0.851. The lowest BCUT2D eigenvalue weighted by molar-refractivity contribution is -0.145. The van der Waals surface area contributed by atoms with Crippen LogP contribution >= 0.6 is 0 Å². The van der Waals surface area contributed by atoms with E-state index in [2.05, 4.69) is 0 Å². The Balaban J connectivity index is 2.29. The second-order valence-electron chi connectivity index (χ2n) is 5.80. The van der Waals surface area contributed by atoms with Gasteiger partial charge in [-0.1, -0.05) is 12.1 Å². The Kier molecular flexibility index (Phi) is 3.82. The van der Waals surface area contributed by atoms with Crippen molar-refractivity contribution in [3.05, 3.63) is 35.4 Å².